The summed E-state index contributed by atoms with van der Waals surface area (Å²) >= 11 is 1.55. The molecule has 0 bridgehead atoms. The van der Waals surface area contributed by atoms with Crippen LogP contribution in [0.3, 0.4) is 0 Å². The average Bonchev–Trinajstić information content (AvgIpc) is 3.44. The van der Waals surface area contributed by atoms with Crippen LogP contribution in [0.5, 0.6) is 0 Å². The van der Waals surface area contributed by atoms with Crippen molar-refractivity contribution in [3.63, 3.8) is 0 Å². The van der Waals surface area contributed by atoms with Gasteiger partial charge in [0.2, 0.25) is 15.9 Å². The van der Waals surface area contributed by atoms with Crippen LogP contribution in [0.25, 0.3) is 0 Å². The van der Waals surface area contributed by atoms with E-state index >= 15 is 0 Å². The van der Waals surface area contributed by atoms with E-state index in [0.717, 1.165) is 29.8 Å². The zero-order chi connectivity index (χ0) is 19.6. The van der Waals surface area contributed by atoms with E-state index in [1.54, 1.807) is 40.5 Å². The van der Waals surface area contributed by atoms with Crippen molar-refractivity contribution in [3.8, 4) is 0 Å². The van der Waals surface area contributed by atoms with Crippen molar-refractivity contribution >= 4 is 33.0 Å². The van der Waals surface area contributed by atoms with Crippen LogP contribution in [-0.2, 0) is 26.1 Å². The van der Waals surface area contributed by atoms with Gasteiger partial charge in [0.15, 0.2) is 0 Å². The first-order valence-corrected chi connectivity index (χ1v) is 11.9. The molecule has 0 radical (unpaired) electrons. The van der Waals surface area contributed by atoms with Gasteiger partial charge < -0.3 is 9.64 Å². The van der Waals surface area contributed by atoms with E-state index in [0.29, 0.717) is 32.7 Å². The number of ether oxygens (including phenoxy) is 1. The van der Waals surface area contributed by atoms with E-state index in [9.17, 15) is 13.2 Å². The highest BCUT2D eigenvalue weighted by Gasteiger charge is 2.30. The number of sulfonamides is 1. The third-order valence-corrected chi connectivity index (χ3v) is 7.89. The lowest BCUT2D eigenvalue weighted by molar-refractivity contribution is -0.117. The Balaban J connectivity index is 1.57. The van der Waals surface area contributed by atoms with Gasteiger partial charge in [-0.1, -0.05) is 6.07 Å². The second-order valence-corrected chi connectivity index (χ2v) is 10.1. The molecule has 28 heavy (non-hydrogen) atoms. The van der Waals surface area contributed by atoms with Crippen molar-refractivity contribution in [2.24, 2.45) is 0 Å². The smallest absolute Gasteiger partial charge is 0.243 e. The number of benzene rings is 1. The van der Waals surface area contributed by atoms with E-state index in [1.807, 2.05) is 17.5 Å². The molecule has 0 spiro atoms. The number of carbonyl (C=O) groups excluding carboxylic acids is 1. The summed E-state index contributed by atoms with van der Waals surface area (Å²) in [4.78, 5) is 14.9. The summed E-state index contributed by atoms with van der Waals surface area (Å²) in [6.07, 6.45) is 3.18. The second-order valence-electron chi connectivity index (χ2n) is 7.15. The minimum atomic E-state index is -3.66. The summed E-state index contributed by atoms with van der Waals surface area (Å²) in [5.41, 5.74) is 0.755. The molecule has 0 N–H and O–H groups in total. The van der Waals surface area contributed by atoms with E-state index < -0.39 is 10.0 Å². The molecule has 1 atom stereocenters. The molecule has 2 aromatic rings. The minimum Gasteiger partial charge on any atom is -0.377 e. The van der Waals surface area contributed by atoms with Crippen LogP contribution >= 0.6 is 11.3 Å². The first-order valence-electron chi connectivity index (χ1n) is 9.58. The van der Waals surface area contributed by atoms with Crippen LogP contribution in [0.4, 0.5) is 5.69 Å². The topological polar surface area (TPSA) is 66.9 Å². The molecule has 2 aliphatic rings. The summed E-state index contributed by atoms with van der Waals surface area (Å²) in [7, 11) is -3.66. The molecule has 6 nitrogen and oxygen atoms in total. The number of carbonyl (C=O) groups is 1. The lowest BCUT2D eigenvalue weighted by Crippen LogP contribution is -2.36. The Hall–Kier alpha value is -1.74. The van der Waals surface area contributed by atoms with Gasteiger partial charge in [0.1, 0.15) is 0 Å². The standard InChI is InChI=1S/C20H24N2O4S2/c23-20-6-1-11-22(20)16-7-9-19(10-8-16)28(24,25)21(14-17-4-2-12-26-17)15-18-5-3-13-27-18/h3,5,7-10,13,17H,1-2,4,6,11-12,14-15H2/t17-/m1/s1. The highest BCUT2D eigenvalue weighted by Crippen LogP contribution is 2.27. The third-order valence-electron chi connectivity index (χ3n) is 5.20. The van der Waals surface area contributed by atoms with Gasteiger partial charge in [-0.05, 0) is 55.0 Å². The van der Waals surface area contributed by atoms with E-state index in [4.69, 9.17) is 4.74 Å². The van der Waals surface area contributed by atoms with Gasteiger partial charge in [-0.25, -0.2) is 8.42 Å². The molecule has 2 saturated heterocycles. The molecule has 0 unspecified atom stereocenters. The molecule has 0 saturated carbocycles. The predicted octanol–water partition coefficient (Wildman–Crippen LogP) is 3.24. The average molecular weight is 421 g/mol. The van der Waals surface area contributed by atoms with Gasteiger partial charge in [0, 0.05) is 43.2 Å². The summed E-state index contributed by atoms with van der Waals surface area (Å²) in [6, 6.07) is 10.5. The van der Waals surface area contributed by atoms with Crippen molar-refractivity contribution in [2.45, 2.75) is 43.2 Å². The maximum atomic E-state index is 13.3. The van der Waals surface area contributed by atoms with Gasteiger partial charge in [-0.3, -0.25) is 4.79 Å². The Labute approximate surface area is 169 Å². The number of rotatable bonds is 7. The number of hydrogen-bond donors (Lipinski definition) is 0. The summed E-state index contributed by atoms with van der Waals surface area (Å²) in [5.74, 6) is 0.0910. The van der Waals surface area contributed by atoms with Gasteiger partial charge in [-0.15, -0.1) is 11.3 Å². The fourth-order valence-electron chi connectivity index (χ4n) is 3.71. The summed E-state index contributed by atoms with van der Waals surface area (Å²) < 4.78 is 33.9. The van der Waals surface area contributed by atoms with Crippen LogP contribution in [0.2, 0.25) is 0 Å². The molecule has 4 rings (SSSR count). The number of amides is 1. The van der Waals surface area contributed by atoms with Crippen LogP contribution in [0.1, 0.15) is 30.6 Å². The molecular formula is C20H24N2O4S2. The molecule has 1 aromatic carbocycles. The van der Waals surface area contributed by atoms with E-state index in [1.165, 1.54) is 4.31 Å². The van der Waals surface area contributed by atoms with Crippen molar-refractivity contribution in [1.29, 1.82) is 0 Å². The maximum absolute atomic E-state index is 13.3. The molecule has 0 aliphatic carbocycles. The number of anilines is 1. The molecule has 3 heterocycles. The predicted molar refractivity (Wildman–Crippen MR) is 109 cm³/mol. The Morgan fingerprint density at radius 3 is 2.61 bits per heavy atom. The Morgan fingerprint density at radius 2 is 2.00 bits per heavy atom. The van der Waals surface area contributed by atoms with Gasteiger partial charge in [0.25, 0.3) is 0 Å². The van der Waals surface area contributed by atoms with Crippen LogP contribution in [-0.4, -0.2) is 44.4 Å². The minimum absolute atomic E-state index is 0.0590. The molecule has 1 amide bonds. The SMILES string of the molecule is O=C1CCCN1c1ccc(S(=O)(=O)N(Cc2cccs2)C[C@H]2CCCO2)cc1. The Bertz CT molecular complexity index is 904. The molecular weight excluding hydrogens is 396 g/mol. The van der Waals surface area contributed by atoms with Gasteiger partial charge >= 0.3 is 0 Å². The van der Waals surface area contributed by atoms with Gasteiger partial charge in [0.05, 0.1) is 11.0 Å². The van der Waals surface area contributed by atoms with Crippen LogP contribution < -0.4 is 4.90 Å². The van der Waals surface area contributed by atoms with E-state index in [-0.39, 0.29) is 16.9 Å². The molecule has 2 fully saturated rings. The number of nitrogens with zero attached hydrogens (tertiary/aromatic N) is 2. The molecule has 150 valence electrons. The molecule has 8 heteroatoms. The second kappa shape index (κ2) is 8.32. The lowest BCUT2D eigenvalue weighted by atomic mass is 10.2. The fourth-order valence-corrected chi connectivity index (χ4v) is 5.96. The maximum Gasteiger partial charge on any atom is 0.243 e. The monoisotopic (exact) mass is 420 g/mol. The third kappa shape index (κ3) is 4.15. The number of hydrogen-bond acceptors (Lipinski definition) is 5. The van der Waals surface area contributed by atoms with Crippen LogP contribution in [0, 0.1) is 0 Å². The first kappa shape index (κ1) is 19.6. The fraction of sp³-hybridized carbons (Fsp3) is 0.450. The zero-order valence-electron chi connectivity index (χ0n) is 15.6. The molecule has 2 aliphatic heterocycles. The largest absolute Gasteiger partial charge is 0.377 e. The van der Waals surface area contributed by atoms with Crippen molar-refractivity contribution in [2.75, 3.05) is 24.6 Å². The lowest BCUT2D eigenvalue weighted by Gasteiger charge is -2.25. The summed E-state index contributed by atoms with van der Waals surface area (Å²) in [6.45, 7) is 2.07. The quantitative estimate of drug-likeness (QED) is 0.690. The Kier molecular flexibility index (Phi) is 5.82. The highest BCUT2D eigenvalue weighted by atomic mass is 32.2. The summed E-state index contributed by atoms with van der Waals surface area (Å²) in [5, 5.41) is 1.95. The van der Waals surface area contributed by atoms with Crippen molar-refractivity contribution < 1.29 is 17.9 Å². The van der Waals surface area contributed by atoms with Gasteiger partial charge in [-0.2, -0.15) is 4.31 Å². The van der Waals surface area contributed by atoms with E-state index in [2.05, 4.69) is 0 Å². The first-order chi connectivity index (χ1) is 13.5. The van der Waals surface area contributed by atoms with Crippen molar-refractivity contribution in [3.05, 3.63) is 46.7 Å². The molecule has 1 aromatic heterocycles. The van der Waals surface area contributed by atoms with Crippen molar-refractivity contribution in [1.82, 2.24) is 4.31 Å². The highest BCUT2D eigenvalue weighted by molar-refractivity contribution is 7.89. The Morgan fingerprint density at radius 1 is 1.18 bits per heavy atom. The zero-order valence-corrected chi connectivity index (χ0v) is 17.3. The normalized spacial score (nSPS) is 20.4. The van der Waals surface area contributed by atoms with Crippen LogP contribution in [0.15, 0.2) is 46.7 Å². The number of thiophene rings is 1.